The summed E-state index contributed by atoms with van der Waals surface area (Å²) in [5.74, 6) is 0.446. The minimum Gasteiger partial charge on any atom is -0.462 e. The van der Waals surface area contributed by atoms with Crippen molar-refractivity contribution in [3.05, 3.63) is 42.5 Å². The molecule has 3 heterocycles. The van der Waals surface area contributed by atoms with E-state index in [9.17, 15) is 14.5 Å². The number of nitrogens with zero attached hydrogens (tertiary/aromatic N) is 4. The monoisotopic (exact) mass is 608 g/mol. The van der Waals surface area contributed by atoms with Crippen LogP contribution in [0.5, 0.6) is 5.75 Å². The highest BCUT2D eigenvalue weighted by Crippen LogP contribution is 2.48. The number of imidazole rings is 1. The maximum Gasteiger partial charge on any atom is 0.459 e. The number of hydrogen-bond acceptors (Lipinski definition) is 11. The number of aromatic nitrogens is 4. The number of esters is 1. The Balaban J connectivity index is 1.57. The molecule has 42 heavy (non-hydrogen) atoms. The van der Waals surface area contributed by atoms with Crippen LogP contribution in [0, 0.1) is 6.92 Å². The fraction of sp³-hybridized carbons (Fsp3) is 0.556. The van der Waals surface area contributed by atoms with Gasteiger partial charge in [-0.1, -0.05) is 18.2 Å². The highest BCUT2D eigenvalue weighted by Gasteiger charge is 2.56. The fourth-order valence-electron chi connectivity index (χ4n) is 4.43. The molecule has 1 aliphatic rings. The number of hydrogen-bond donors (Lipinski definition) is 3. The molecule has 1 saturated heterocycles. The van der Waals surface area contributed by atoms with Crippen LogP contribution in [0.2, 0.25) is 0 Å². The van der Waals surface area contributed by atoms with Crippen molar-refractivity contribution in [1.82, 2.24) is 24.6 Å². The van der Waals surface area contributed by atoms with Gasteiger partial charge in [0.05, 0.1) is 19.0 Å². The van der Waals surface area contributed by atoms with Crippen molar-refractivity contribution in [3.8, 4) is 5.75 Å². The number of carbonyl (C=O) groups is 1. The Hall–Kier alpha value is -3.16. The number of anilines is 1. The molecule has 0 bridgehead atoms. The molecule has 2 aromatic heterocycles. The van der Waals surface area contributed by atoms with Crippen LogP contribution < -0.4 is 14.9 Å². The summed E-state index contributed by atoms with van der Waals surface area (Å²) in [5, 5.41) is 16.7. The third kappa shape index (κ3) is 7.07. The quantitative estimate of drug-likeness (QED) is 0.200. The number of carbonyl (C=O) groups excluding carboxylic acids is 1. The second-order valence-electron chi connectivity index (χ2n) is 10.9. The highest BCUT2D eigenvalue weighted by atomic mass is 31.2. The second-order valence-corrected chi connectivity index (χ2v) is 12.6. The molecule has 1 fully saturated rings. The molecule has 0 spiro atoms. The van der Waals surface area contributed by atoms with Crippen molar-refractivity contribution in [2.45, 2.75) is 90.8 Å². The molecule has 0 aliphatic carbocycles. The number of rotatable bonds is 12. The molecule has 15 heteroatoms. The number of aryl methyl sites for hydroxylation is 1. The first-order chi connectivity index (χ1) is 19.7. The van der Waals surface area contributed by atoms with Crippen LogP contribution in [0.3, 0.4) is 0 Å². The van der Waals surface area contributed by atoms with Gasteiger partial charge in [0.1, 0.15) is 29.8 Å². The highest BCUT2D eigenvalue weighted by molar-refractivity contribution is 7.52. The van der Waals surface area contributed by atoms with Gasteiger partial charge in [-0.15, -0.1) is 0 Å². The molecule has 0 saturated carbocycles. The first-order valence-corrected chi connectivity index (χ1v) is 15.2. The number of benzene rings is 1. The third-order valence-corrected chi connectivity index (χ3v) is 8.01. The van der Waals surface area contributed by atoms with E-state index in [0.29, 0.717) is 22.8 Å². The van der Waals surface area contributed by atoms with Crippen molar-refractivity contribution in [2.24, 2.45) is 0 Å². The van der Waals surface area contributed by atoms with Gasteiger partial charge in [0, 0.05) is 6.04 Å². The van der Waals surface area contributed by atoms with Crippen molar-refractivity contribution >= 4 is 30.7 Å². The lowest BCUT2D eigenvalue weighted by molar-refractivity contribution is -0.149. The Morgan fingerprint density at radius 2 is 1.90 bits per heavy atom. The lowest BCUT2D eigenvalue weighted by atomic mass is 9.98. The predicted molar refractivity (Wildman–Crippen MR) is 153 cm³/mol. The van der Waals surface area contributed by atoms with E-state index >= 15 is 4.39 Å². The minimum atomic E-state index is -4.27. The van der Waals surface area contributed by atoms with Gasteiger partial charge in [-0.2, -0.15) is 5.09 Å². The largest absolute Gasteiger partial charge is 0.462 e. The van der Waals surface area contributed by atoms with E-state index in [2.05, 4.69) is 25.4 Å². The van der Waals surface area contributed by atoms with Crippen LogP contribution >= 0.6 is 7.75 Å². The Morgan fingerprint density at radius 3 is 2.55 bits per heavy atom. The summed E-state index contributed by atoms with van der Waals surface area (Å²) in [6.07, 6.45) is -3.34. The molecule has 0 radical (unpaired) electrons. The molecule has 0 amide bonds. The third-order valence-electron chi connectivity index (χ3n) is 6.36. The zero-order chi connectivity index (χ0) is 30.8. The summed E-state index contributed by atoms with van der Waals surface area (Å²) >= 11 is 0. The van der Waals surface area contributed by atoms with E-state index in [0.717, 1.165) is 0 Å². The zero-order valence-electron chi connectivity index (χ0n) is 24.6. The van der Waals surface area contributed by atoms with E-state index in [1.165, 1.54) is 24.7 Å². The first-order valence-electron chi connectivity index (χ1n) is 13.7. The normalized spacial score (nSPS) is 24.6. The van der Waals surface area contributed by atoms with Gasteiger partial charge in [-0.25, -0.2) is 23.9 Å². The van der Waals surface area contributed by atoms with E-state index < -0.39 is 56.6 Å². The van der Waals surface area contributed by atoms with E-state index in [1.807, 2.05) is 13.8 Å². The van der Waals surface area contributed by atoms with Crippen molar-refractivity contribution in [3.63, 3.8) is 0 Å². The van der Waals surface area contributed by atoms with Crippen molar-refractivity contribution in [2.75, 3.05) is 11.9 Å². The average molecular weight is 609 g/mol. The van der Waals surface area contributed by atoms with Gasteiger partial charge in [-0.05, 0) is 60.6 Å². The lowest BCUT2D eigenvalue weighted by Crippen LogP contribution is -2.41. The van der Waals surface area contributed by atoms with E-state index in [1.54, 1.807) is 51.1 Å². The standard InChI is InChI=1S/C27H38FN6O7P/c1-15(2)30-23-21-24(32-18(6)31-23)34(14-29-21)26-27(7,28)22(35)20(40-26)13-38-42(37,41-19-11-9-8-10-12-19)33-17(5)25(36)39-16(3)4/h8-12,14-17,20,22,26,35H,13H2,1-7H3,(H,33,37)(H,30,31,32)/t17-,20+,22+,26+,27+,42-/m0/s1. The number of para-hydroxylation sites is 1. The van der Waals surface area contributed by atoms with Gasteiger partial charge in [-0.3, -0.25) is 13.9 Å². The summed E-state index contributed by atoms with van der Waals surface area (Å²) in [4.78, 5) is 25.6. The summed E-state index contributed by atoms with van der Waals surface area (Å²) in [6, 6.07) is 7.17. The molecule has 13 nitrogen and oxygen atoms in total. The SMILES string of the molecule is Cc1nc(NC(C)C)c2ncn([C@@H]3O[C@H](CO[P@@](=O)(N[C@@H](C)C(=O)OC(C)C)Oc4ccccc4)[C@@H](O)[C@@]3(C)F)c2n1. The van der Waals surface area contributed by atoms with Gasteiger partial charge >= 0.3 is 13.7 Å². The Kier molecular flexibility index (Phi) is 9.53. The number of halogens is 1. The predicted octanol–water partition coefficient (Wildman–Crippen LogP) is 4.07. The molecule has 6 atom stereocenters. The number of alkyl halides is 1. The molecular formula is C27H38FN6O7P. The molecule has 3 N–H and O–H groups in total. The Bertz CT molecular complexity index is 1440. The van der Waals surface area contributed by atoms with Crippen LogP contribution in [0.15, 0.2) is 36.7 Å². The molecule has 1 aliphatic heterocycles. The topological polar surface area (TPSA) is 159 Å². The first kappa shape index (κ1) is 31.8. The van der Waals surface area contributed by atoms with Crippen molar-refractivity contribution < 1.29 is 37.4 Å². The summed E-state index contributed by atoms with van der Waals surface area (Å²) in [5.41, 5.74) is -1.60. The second kappa shape index (κ2) is 12.6. The van der Waals surface area contributed by atoms with Gasteiger partial charge in [0.2, 0.25) is 0 Å². The number of aliphatic hydroxyl groups excluding tert-OH is 1. The van der Waals surface area contributed by atoms with Crippen LogP contribution in [-0.4, -0.2) is 73.3 Å². The Morgan fingerprint density at radius 1 is 1.21 bits per heavy atom. The maximum absolute atomic E-state index is 16.1. The fourth-order valence-corrected chi connectivity index (χ4v) is 5.93. The molecule has 0 unspecified atom stereocenters. The lowest BCUT2D eigenvalue weighted by Gasteiger charge is -2.25. The van der Waals surface area contributed by atoms with Crippen LogP contribution in [0.1, 0.15) is 53.6 Å². The van der Waals surface area contributed by atoms with E-state index in [4.69, 9.17) is 18.5 Å². The zero-order valence-corrected chi connectivity index (χ0v) is 25.5. The van der Waals surface area contributed by atoms with Crippen LogP contribution in [0.4, 0.5) is 10.2 Å². The van der Waals surface area contributed by atoms with Crippen LogP contribution in [-0.2, 0) is 23.4 Å². The van der Waals surface area contributed by atoms with Gasteiger partial charge in [0.15, 0.2) is 28.9 Å². The maximum atomic E-state index is 16.1. The van der Waals surface area contributed by atoms with Gasteiger partial charge < -0.3 is 24.4 Å². The molecule has 230 valence electrons. The average Bonchev–Trinajstić information content (AvgIpc) is 3.40. The molecule has 4 rings (SSSR count). The minimum absolute atomic E-state index is 0.0579. The molecule has 1 aromatic carbocycles. The number of ether oxygens (including phenoxy) is 2. The summed E-state index contributed by atoms with van der Waals surface area (Å²) in [6.45, 7) is 11.1. The summed E-state index contributed by atoms with van der Waals surface area (Å²) in [7, 11) is -4.27. The number of fused-ring (bicyclic) bond motifs is 1. The van der Waals surface area contributed by atoms with Crippen LogP contribution in [0.25, 0.3) is 11.2 Å². The van der Waals surface area contributed by atoms with Crippen molar-refractivity contribution in [1.29, 1.82) is 0 Å². The Labute approximate surface area is 243 Å². The summed E-state index contributed by atoms with van der Waals surface area (Å²) < 4.78 is 53.7. The molecular weight excluding hydrogens is 570 g/mol. The molecule has 3 aromatic rings. The smallest absolute Gasteiger partial charge is 0.459 e. The van der Waals surface area contributed by atoms with E-state index in [-0.39, 0.29) is 11.8 Å². The van der Waals surface area contributed by atoms with Gasteiger partial charge in [0.25, 0.3) is 0 Å². The number of aliphatic hydroxyl groups is 1. The number of nitrogens with one attached hydrogen (secondary N) is 2.